The number of nitrogens with zero attached hydrogens (tertiary/aromatic N) is 1. The van der Waals surface area contributed by atoms with Crippen molar-refractivity contribution in [2.75, 3.05) is 20.4 Å². The summed E-state index contributed by atoms with van der Waals surface area (Å²) in [6, 6.07) is 14.5. The van der Waals surface area contributed by atoms with Crippen LogP contribution < -0.4 is 28.4 Å². The van der Waals surface area contributed by atoms with Gasteiger partial charge in [-0.1, -0.05) is 12.1 Å². The highest BCUT2D eigenvalue weighted by molar-refractivity contribution is 6.46. The smallest absolute Gasteiger partial charge is 0.295 e. The monoisotopic (exact) mass is 501 g/mol. The van der Waals surface area contributed by atoms with Crippen LogP contribution in [0.4, 0.5) is 0 Å². The van der Waals surface area contributed by atoms with E-state index in [1.807, 2.05) is 0 Å². The van der Waals surface area contributed by atoms with E-state index in [9.17, 15) is 14.7 Å². The predicted octanol–water partition coefficient (Wildman–Crippen LogP) is 3.49. The Morgan fingerprint density at radius 2 is 1.30 bits per heavy atom. The fourth-order valence-corrected chi connectivity index (χ4v) is 4.91. The topological polar surface area (TPSA) is 113 Å². The van der Waals surface area contributed by atoms with Gasteiger partial charge < -0.3 is 38.4 Å². The van der Waals surface area contributed by atoms with Gasteiger partial charge in [0.15, 0.2) is 34.5 Å². The number of hydrogen-bond acceptors (Lipinski definition) is 9. The van der Waals surface area contributed by atoms with Crippen molar-refractivity contribution in [1.82, 2.24) is 4.90 Å². The van der Waals surface area contributed by atoms with Crippen molar-refractivity contribution >= 4 is 17.4 Å². The van der Waals surface area contributed by atoms with Crippen molar-refractivity contribution in [3.05, 3.63) is 76.9 Å². The molecule has 1 amide bonds. The van der Waals surface area contributed by atoms with E-state index in [1.165, 1.54) is 4.90 Å². The van der Waals surface area contributed by atoms with Crippen LogP contribution in [0.3, 0.4) is 0 Å². The van der Waals surface area contributed by atoms with Crippen molar-refractivity contribution in [2.24, 2.45) is 0 Å². The summed E-state index contributed by atoms with van der Waals surface area (Å²) in [7, 11) is 0. The molecule has 10 heteroatoms. The van der Waals surface area contributed by atoms with Gasteiger partial charge in [-0.25, -0.2) is 0 Å². The number of carbonyl (C=O) groups is 2. The third kappa shape index (κ3) is 3.40. The first kappa shape index (κ1) is 21.4. The minimum atomic E-state index is -0.884. The SMILES string of the molecule is O=C1C(=O)N(Cc2ccc3c(c2)OCO3)[C@H](c2ccc3c(c2)OCO3)C1=C(O)c1ccc2c(c1)OCO2. The molecule has 0 bridgehead atoms. The van der Waals surface area contributed by atoms with Gasteiger partial charge in [-0.3, -0.25) is 9.59 Å². The van der Waals surface area contributed by atoms with Gasteiger partial charge in [-0.15, -0.1) is 0 Å². The van der Waals surface area contributed by atoms with Gasteiger partial charge in [0.25, 0.3) is 11.7 Å². The van der Waals surface area contributed by atoms with Crippen LogP contribution in [-0.2, 0) is 16.1 Å². The first-order chi connectivity index (χ1) is 18.1. The first-order valence-electron chi connectivity index (χ1n) is 11.5. The lowest BCUT2D eigenvalue weighted by Gasteiger charge is -2.25. The van der Waals surface area contributed by atoms with E-state index in [-0.39, 0.29) is 38.3 Å². The van der Waals surface area contributed by atoms with Gasteiger partial charge in [-0.2, -0.15) is 0 Å². The van der Waals surface area contributed by atoms with Gasteiger partial charge in [-0.05, 0) is 53.6 Å². The van der Waals surface area contributed by atoms with E-state index >= 15 is 0 Å². The van der Waals surface area contributed by atoms with E-state index < -0.39 is 17.7 Å². The molecule has 4 aliphatic heterocycles. The Balaban J connectivity index is 1.34. The molecule has 3 aromatic carbocycles. The summed E-state index contributed by atoms with van der Waals surface area (Å²) >= 11 is 0. The summed E-state index contributed by atoms with van der Waals surface area (Å²) in [5.74, 6) is 1.37. The van der Waals surface area contributed by atoms with Crippen LogP contribution in [0.2, 0.25) is 0 Å². The minimum Gasteiger partial charge on any atom is -0.507 e. The average Bonchev–Trinajstić information content (AvgIpc) is 3.71. The summed E-state index contributed by atoms with van der Waals surface area (Å²) in [5.41, 5.74) is 1.62. The lowest BCUT2D eigenvalue weighted by molar-refractivity contribution is -0.140. The van der Waals surface area contributed by atoms with Gasteiger partial charge in [0, 0.05) is 12.1 Å². The van der Waals surface area contributed by atoms with Crippen LogP contribution in [0.1, 0.15) is 22.7 Å². The normalized spacial score (nSPS) is 20.1. The number of hydrogen-bond donors (Lipinski definition) is 1. The molecular weight excluding hydrogens is 482 g/mol. The third-order valence-corrected chi connectivity index (χ3v) is 6.69. The fraction of sp³-hybridized carbons (Fsp3) is 0.185. The molecule has 0 unspecified atom stereocenters. The van der Waals surface area contributed by atoms with Crippen molar-refractivity contribution in [1.29, 1.82) is 0 Å². The Labute approximate surface area is 210 Å². The number of amides is 1. The number of rotatable bonds is 4. The molecule has 0 spiro atoms. The Hall–Kier alpha value is -4.86. The molecule has 1 saturated heterocycles. The van der Waals surface area contributed by atoms with Crippen molar-refractivity contribution < 1.29 is 43.1 Å². The highest BCUT2D eigenvalue weighted by Gasteiger charge is 2.46. The zero-order valence-electron chi connectivity index (χ0n) is 19.3. The highest BCUT2D eigenvalue weighted by atomic mass is 16.7. The summed E-state index contributed by atoms with van der Waals surface area (Å²) in [5, 5.41) is 11.4. The lowest BCUT2D eigenvalue weighted by Crippen LogP contribution is -2.29. The molecule has 4 heterocycles. The molecular formula is C27H19NO9. The Morgan fingerprint density at radius 3 is 2.00 bits per heavy atom. The Kier molecular flexibility index (Phi) is 4.68. The summed E-state index contributed by atoms with van der Waals surface area (Å²) in [6.07, 6.45) is 0. The first-order valence-corrected chi connectivity index (χ1v) is 11.5. The highest BCUT2D eigenvalue weighted by Crippen LogP contribution is 2.45. The van der Waals surface area contributed by atoms with Crippen LogP contribution in [0.5, 0.6) is 34.5 Å². The molecule has 1 N–H and O–H groups in total. The number of aliphatic hydroxyl groups is 1. The van der Waals surface area contributed by atoms with Crippen LogP contribution in [0, 0.1) is 0 Å². The Bertz CT molecular complexity index is 1510. The largest absolute Gasteiger partial charge is 0.507 e. The molecule has 1 atom stereocenters. The molecule has 7 rings (SSSR count). The van der Waals surface area contributed by atoms with Crippen LogP contribution in [0.15, 0.2) is 60.2 Å². The van der Waals surface area contributed by atoms with Crippen molar-refractivity contribution in [2.45, 2.75) is 12.6 Å². The number of likely N-dealkylation sites (tertiary alicyclic amines) is 1. The molecule has 0 aromatic heterocycles. The lowest BCUT2D eigenvalue weighted by atomic mass is 9.94. The molecule has 0 saturated carbocycles. The molecule has 3 aromatic rings. The third-order valence-electron chi connectivity index (χ3n) is 6.69. The van der Waals surface area contributed by atoms with E-state index in [0.29, 0.717) is 45.6 Å². The van der Waals surface area contributed by atoms with Gasteiger partial charge in [0.2, 0.25) is 20.4 Å². The minimum absolute atomic E-state index is 0.0385. The quantitative estimate of drug-likeness (QED) is 0.326. The number of ketones is 1. The number of aliphatic hydroxyl groups excluding tert-OH is 1. The second kappa shape index (κ2) is 8.09. The number of fused-ring (bicyclic) bond motifs is 3. The van der Waals surface area contributed by atoms with Gasteiger partial charge >= 0.3 is 0 Å². The molecule has 186 valence electrons. The number of Topliss-reactive ketones (excluding diaryl/α,β-unsaturated/α-hetero) is 1. The van der Waals surface area contributed by atoms with E-state index in [4.69, 9.17) is 28.4 Å². The van der Waals surface area contributed by atoms with Crippen LogP contribution in [-0.4, -0.2) is 42.1 Å². The zero-order valence-corrected chi connectivity index (χ0v) is 19.3. The Morgan fingerprint density at radius 1 is 0.730 bits per heavy atom. The molecule has 0 aliphatic carbocycles. The second-order valence-electron chi connectivity index (χ2n) is 8.80. The summed E-state index contributed by atoms with van der Waals surface area (Å²) < 4.78 is 32.6. The van der Waals surface area contributed by atoms with Gasteiger partial charge in [0.1, 0.15) is 5.76 Å². The second-order valence-corrected chi connectivity index (χ2v) is 8.80. The van der Waals surface area contributed by atoms with Crippen LogP contribution in [0.25, 0.3) is 5.76 Å². The van der Waals surface area contributed by atoms with Crippen molar-refractivity contribution in [3.8, 4) is 34.5 Å². The molecule has 0 radical (unpaired) electrons. The van der Waals surface area contributed by atoms with Gasteiger partial charge in [0.05, 0.1) is 11.6 Å². The molecule has 1 fully saturated rings. The van der Waals surface area contributed by atoms with E-state index in [0.717, 1.165) is 5.56 Å². The maximum Gasteiger partial charge on any atom is 0.295 e. The van der Waals surface area contributed by atoms with E-state index in [2.05, 4.69) is 0 Å². The number of ether oxygens (including phenoxy) is 6. The molecule has 37 heavy (non-hydrogen) atoms. The van der Waals surface area contributed by atoms with E-state index in [1.54, 1.807) is 54.6 Å². The fourth-order valence-electron chi connectivity index (χ4n) is 4.91. The standard InChI is InChI=1S/C27H19NO9/c29-25(16-3-6-19-22(9-16)37-13-34-19)23-24(15-2-5-18-21(8-15)36-12-33-18)28(27(31)26(23)30)10-14-1-4-17-20(7-14)35-11-32-17/h1-9,24,29H,10-13H2/t24-/m1/s1. The maximum absolute atomic E-state index is 13.4. The summed E-state index contributed by atoms with van der Waals surface area (Å²) in [6.45, 7) is 0.359. The average molecular weight is 501 g/mol. The number of benzene rings is 3. The maximum atomic E-state index is 13.4. The molecule has 10 nitrogen and oxygen atoms in total. The zero-order chi connectivity index (χ0) is 25.1. The number of carbonyl (C=O) groups excluding carboxylic acids is 2. The predicted molar refractivity (Wildman–Crippen MR) is 126 cm³/mol. The molecule has 4 aliphatic rings. The van der Waals surface area contributed by atoms with Crippen LogP contribution >= 0.6 is 0 Å². The van der Waals surface area contributed by atoms with Crippen molar-refractivity contribution in [3.63, 3.8) is 0 Å². The summed E-state index contributed by atoms with van der Waals surface area (Å²) in [4.78, 5) is 28.2.